The average molecular weight is 426 g/mol. The van der Waals surface area contributed by atoms with Gasteiger partial charge >= 0.3 is 0 Å². The van der Waals surface area contributed by atoms with Crippen LogP contribution in [-0.2, 0) is 4.79 Å². The van der Waals surface area contributed by atoms with Gasteiger partial charge < -0.3 is 10.4 Å². The summed E-state index contributed by atoms with van der Waals surface area (Å²) in [5.74, 6) is 0.544. The number of hydrogen-bond acceptors (Lipinski definition) is 6. The summed E-state index contributed by atoms with van der Waals surface area (Å²) in [6.45, 7) is 8.54. The first-order valence-electron chi connectivity index (χ1n) is 10.2. The van der Waals surface area contributed by atoms with E-state index in [-0.39, 0.29) is 12.5 Å². The van der Waals surface area contributed by atoms with E-state index in [4.69, 9.17) is 17.3 Å². The second-order valence-corrected chi connectivity index (χ2v) is 8.26. The number of amides is 1. The molecule has 1 aromatic carbocycles. The van der Waals surface area contributed by atoms with Gasteiger partial charge in [0.1, 0.15) is 10.8 Å². The molecule has 1 saturated heterocycles. The van der Waals surface area contributed by atoms with Crippen molar-refractivity contribution in [3.8, 4) is 0 Å². The molecule has 4 rings (SSSR count). The fourth-order valence-electron chi connectivity index (χ4n) is 3.97. The number of rotatable bonds is 4. The van der Waals surface area contributed by atoms with Crippen LogP contribution in [0.3, 0.4) is 0 Å². The molecule has 0 atom stereocenters. The summed E-state index contributed by atoms with van der Waals surface area (Å²) in [5, 5.41) is 12.4. The Morgan fingerprint density at radius 2 is 1.87 bits per heavy atom. The van der Waals surface area contributed by atoms with E-state index < -0.39 is 0 Å². The number of piperazine rings is 1. The largest absolute Gasteiger partial charge is 0.395 e. The Morgan fingerprint density at radius 1 is 1.17 bits per heavy atom. The van der Waals surface area contributed by atoms with E-state index in [1.807, 2.05) is 31.2 Å². The van der Waals surface area contributed by atoms with E-state index in [1.54, 1.807) is 11.1 Å². The Balaban J connectivity index is 1.66. The Bertz CT molecular complexity index is 972. The van der Waals surface area contributed by atoms with Gasteiger partial charge in [-0.2, -0.15) is 0 Å². The highest BCUT2D eigenvalue weighted by molar-refractivity contribution is 7.81. The molecular formula is C22H27N5O2S. The van der Waals surface area contributed by atoms with Gasteiger partial charge in [0, 0.05) is 38.9 Å². The minimum absolute atomic E-state index is 0.0263. The number of nitrogens with one attached hydrogen (secondary N) is 1. The number of carbonyl (C=O) groups is 1. The maximum atomic E-state index is 13.6. The summed E-state index contributed by atoms with van der Waals surface area (Å²) >= 11 is 5.61. The third kappa shape index (κ3) is 4.09. The van der Waals surface area contributed by atoms with Crippen molar-refractivity contribution in [1.82, 2.24) is 14.8 Å². The third-order valence-corrected chi connectivity index (χ3v) is 6.16. The highest BCUT2D eigenvalue weighted by atomic mass is 32.1. The molecule has 158 valence electrons. The molecule has 0 radical (unpaired) electrons. The molecule has 0 spiro atoms. The molecule has 2 aromatic rings. The summed E-state index contributed by atoms with van der Waals surface area (Å²) in [6.07, 6.45) is 1.70. The predicted molar refractivity (Wildman–Crippen MR) is 123 cm³/mol. The monoisotopic (exact) mass is 425 g/mol. The molecule has 7 nitrogen and oxygen atoms in total. The zero-order valence-corrected chi connectivity index (χ0v) is 18.2. The molecule has 0 unspecified atom stereocenters. The lowest BCUT2D eigenvalue weighted by atomic mass is 10.1. The van der Waals surface area contributed by atoms with Gasteiger partial charge in [0.15, 0.2) is 0 Å². The summed E-state index contributed by atoms with van der Waals surface area (Å²) < 4.78 is 0. The number of aryl methyl sites for hydroxylation is 2. The van der Waals surface area contributed by atoms with Gasteiger partial charge in [-0.3, -0.25) is 19.5 Å². The number of benzene rings is 1. The van der Waals surface area contributed by atoms with E-state index in [0.29, 0.717) is 23.9 Å². The molecule has 1 fully saturated rings. The molecule has 30 heavy (non-hydrogen) atoms. The number of aliphatic hydroxyl groups excluding tert-OH is 1. The molecular weight excluding hydrogens is 398 g/mol. The molecule has 0 bridgehead atoms. The van der Waals surface area contributed by atoms with Gasteiger partial charge in [-0.05, 0) is 49.2 Å². The van der Waals surface area contributed by atoms with E-state index in [2.05, 4.69) is 27.0 Å². The second kappa shape index (κ2) is 8.77. The number of fused-ring (bicyclic) bond motifs is 2. The van der Waals surface area contributed by atoms with Gasteiger partial charge in [0.05, 0.1) is 30.1 Å². The molecule has 8 heteroatoms. The first kappa shape index (κ1) is 20.9. The van der Waals surface area contributed by atoms with Gasteiger partial charge in [-0.25, -0.2) is 4.98 Å². The number of anilines is 3. The fraction of sp³-hybridized carbons (Fsp3) is 0.409. The van der Waals surface area contributed by atoms with Crippen LogP contribution in [0.25, 0.3) is 0 Å². The van der Waals surface area contributed by atoms with Crippen LogP contribution >= 0.6 is 12.2 Å². The number of hydrogen-bond donors (Lipinski definition) is 2. The van der Waals surface area contributed by atoms with Crippen LogP contribution in [0.1, 0.15) is 16.7 Å². The number of aromatic nitrogens is 1. The van der Waals surface area contributed by atoms with Crippen molar-refractivity contribution >= 4 is 40.3 Å². The number of aliphatic hydroxyl groups is 1. The Morgan fingerprint density at radius 3 is 2.60 bits per heavy atom. The molecule has 2 aliphatic rings. The molecule has 0 saturated carbocycles. The van der Waals surface area contributed by atoms with Crippen LogP contribution in [0.2, 0.25) is 0 Å². The zero-order chi connectivity index (χ0) is 21.3. The Kier molecular flexibility index (Phi) is 6.10. The zero-order valence-electron chi connectivity index (χ0n) is 17.4. The van der Waals surface area contributed by atoms with Gasteiger partial charge in [0.25, 0.3) is 0 Å². The van der Waals surface area contributed by atoms with Crippen LogP contribution in [0.4, 0.5) is 17.2 Å². The normalized spacial score (nSPS) is 17.2. The summed E-state index contributed by atoms with van der Waals surface area (Å²) in [4.78, 5) is 24.8. The average Bonchev–Trinajstić information content (AvgIpc) is 2.84. The van der Waals surface area contributed by atoms with Crippen molar-refractivity contribution in [3.05, 3.63) is 47.2 Å². The van der Waals surface area contributed by atoms with Gasteiger partial charge in [-0.15, -0.1) is 0 Å². The van der Waals surface area contributed by atoms with Crippen molar-refractivity contribution in [2.45, 2.75) is 13.8 Å². The van der Waals surface area contributed by atoms with Crippen LogP contribution in [0.5, 0.6) is 0 Å². The quantitative estimate of drug-likeness (QED) is 0.727. The number of β-amino-alcohol motifs (C(OH)–C–C–N with tert-alkyl or cyclic N) is 1. The van der Waals surface area contributed by atoms with Crippen molar-refractivity contribution in [3.63, 3.8) is 0 Å². The maximum Gasteiger partial charge on any atom is 0.246 e. The van der Waals surface area contributed by atoms with Crippen molar-refractivity contribution in [1.29, 1.82) is 0 Å². The van der Waals surface area contributed by atoms with Crippen LogP contribution < -0.4 is 10.2 Å². The number of pyridine rings is 1. The first-order valence-corrected chi connectivity index (χ1v) is 10.6. The number of nitrogens with zero attached hydrogens (tertiary/aromatic N) is 4. The minimum Gasteiger partial charge on any atom is -0.395 e. The molecule has 1 amide bonds. The Hall–Kier alpha value is -2.39. The smallest absolute Gasteiger partial charge is 0.246 e. The fourth-order valence-corrected chi connectivity index (χ4v) is 4.24. The lowest BCUT2D eigenvalue weighted by Crippen LogP contribution is -2.50. The first-order chi connectivity index (χ1) is 14.5. The third-order valence-electron chi connectivity index (χ3n) is 5.83. The van der Waals surface area contributed by atoms with Crippen molar-refractivity contribution in [2.24, 2.45) is 0 Å². The lowest BCUT2D eigenvalue weighted by Gasteiger charge is -2.35. The summed E-state index contributed by atoms with van der Waals surface area (Å²) in [5.41, 5.74) is 4.59. The summed E-state index contributed by atoms with van der Waals surface area (Å²) in [7, 11) is 0. The predicted octanol–water partition coefficient (Wildman–Crippen LogP) is 2.07. The molecule has 0 aliphatic carbocycles. The van der Waals surface area contributed by atoms with Crippen molar-refractivity contribution in [2.75, 3.05) is 56.1 Å². The topological polar surface area (TPSA) is 71.9 Å². The maximum absolute atomic E-state index is 13.6. The van der Waals surface area contributed by atoms with Crippen LogP contribution in [-0.4, -0.2) is 76.7 Å². The molecule has 3 heterocycles. The standard InChI is InChI=1S/C22H27N5O2S/c1-15-12-18-19(13-16(15)2)27(21-17(22(30)24-18)4-3-5-23-21)20(29)14-26-8-6-25(7-9-26)10-11-28/h3-5,12-13,28H,6-11,14H2,1-2H3,(H,24,30). The highest BCUT2D eigenvalue weighted by Gasteiger charge is 2.31. The van der Waals surface area contributed by atoms with E-state index in [1.165, 1.54) is 0 Å². The summed E-state index contributed by atoms with van der Waals surface area (Å²) in [6, 6.07) is 7.80. The van der Waals surface area contributed by atoms with Crippen LogP contribution in [0.15, 0.2) is 30.5 Å². The Labute approximate surface area is 182 Å². The SMILES string of the molecule is Cc1cc2c(cc1C)N(C(=O)CN1CCN(CCO)CC1)c1ncccc1C(=S)N2. The lowest BCUT2D eigenvalue weighted by molar-refractivity contribution is -0.119. The highest BCUT2D eigenvalue weighted by Crippen LogP contribution is 2.38. The number of carbonyl (C=O) groups excluding carboxylic acids is 1. The molecule has 2 aliphatic heterocycles. The van der Waals surface area contributed by atoms with E-state index in [0.717, 1.165) is 54.2 Å². The minimum atomic E-state index is -0.0263. The van der Waals surface area contributed by atoms with E-state index in [9.17, 15) is 4.79 Å². The van der Waals surface area contributed by atoms with Crippen LogP contribution in [0, 0.1) is 13.8 Å². The second-order valence-electron chi connectivity index (χ2n) is 7.85. The number of thiocarbonyl (C=S) groups is 1. The van der Waals surface area contributed by atoms with Crippen molar-refractivity contribution < 1.29 is 9.90 Å². The molecule has 1 aromatic heterocycles. The van der Waals surface area contributed by atoms with E-state index >= 15 is 0 Å². The molecule has 2 N–H and O–H groups in total. The van der Waals surface area contributed by atoms with Gasteiger partial charge in [-0.1, -0.05) is 12.2 Å². The van der Waals surface area contributed by atoms with Gasteiger partial charge in [0.2, 0.25) is 5.91 Å².